The molecular weight excluding hydrogens is 524 g/mol. The molecule has 2 amide bonds. The summed E-state index contributed by atoms with van der Waals surface area (Å²) in [5, 5.41) is 16.4. The number of hydrogen-bond acceptors (Lipinski definition) is 9. The Bertz CT molecular complexity index is 1400. The predicted octanol–water partition coefficient (Wildman–Crippen LogP) is -0.0213. The molecule has 1 saturated heterocycles. The highest BCUT2D eigenvalue weighted by molar-refractivity contribution is 6.31. The van der Waals surface area contributed by atoms with E-state index in [0.717, 1.165) is 35.6 Å². The fourth-order valence-electron chi connectivity index (χ4n) is 4.86. The summed E-state index contributed by atoms with van der Waals surface area (Å²) in [6.07, 6.45) is -0.664. The predicted molar refractivity (Wildman–Crippen MR) is 150 cm³/mol. The van der Waals surface area contributed by atoms with Gasteiger partial charge in [-0.3, -0.25) is 9.59 Å². The van der Waals surface area contributed by atoms with Crippen molar-refractivity contribution >= 4 is 51.8 Å². The Morgan fingerprint density at radius 3 is 2.54 bits per heavy atom. The van der Waals surface area contributed by atoms with E-state index in [1.165, 1.54) is 0 Å². The lowest BCUT2D eigenvalue weighted by Gasteiger charge is -2.29. The first-order valence-corrected chi connectivity index (χ1v) is 13.2. The number of aliphatic hydroxyl groups excluding tert-OH is 1. The van der Waals surface area contributed by atoms with E-state index in [0.29, 0.717) is 25.2 Å². The monoisotopic (exact) mass is 559 g/mol. The van der Waals surface area contributed by atoms with Gasteiger partial charge in [0, 0.05) is 52.4 Å². The maximum absolute atomic E-state index is 13.6. The minimum atomic E-state index is -0.664. The molecule has 7 N–H and O–H groups in total. The van der Waals surface area contributed by atoms with Gasteiger partial charge in [-0.05, 0) is 13.8 Å². The van der Waals surface area contributed by atoms with E-state index in [-0.39, 0.29) is 41.5 Å². The Morgan fingerprint density at radius 2 is 1.92 bits per heavy atom. The van der Waals surface area contributed by atoms with Gasteiger partial charge >= 0.3 is 0 Å². The molecule has 0 spiro atoms. The van der Waals surface area contributed by atoms with Crippen molar-refractivity contribution in [2.24, 2.45) is 0 Å². The number of nitrogens with zero attached hydrogens (tertiary/aromatic N) is 6. The largest absolute Gasteiger partial charge is 0.389 e. The Labute approximate surface area is 231 Å². The number of fused-ring (bicyclic) bond motifs is 1. The van der Waals surface area contributed by atoms with Crippen molar-refractivity contribution in [1.82, 2.24) is 30.1 Å². The summed E-state index contributed by atoms with van der Waals surface area (Å²) >= 11 is 5.96. The maximum atomic E-state index is 13.6. The first kappa shape index (κ1) is 28.3. The van der Waals surface area contributed by atoms with Gasteiger partial charge < -0.3 is 37.0 Å². The minimum absolute atomic E-state index is 0.0304. The van der Waals surface area contributed by atoms with Crippen LogP contribution in [0.1, 0.15) is 40.5 Å². The zero-order valence-corrected chi connectivity index (χ0v) is 23.4. The van der Waals surface area contributed by atoms with E-state index in [2.05, 4.69) is 20.6 Å². The summed E-state index contributed by atoms with van der Waals surface area (Å²) in [5.41, 5.74) is 14.4. The number of aliphatic hydroxyl groups is 1. The molecule has 13 nitrogen and oxygen atoms in total. The number of nitrogens with one attached hydrogen (secondary N) is 2. The van der Waals surface area contributed by atoms with Gasteiger partial charge in [0.1, 0.15) is 13.1 Å². The number of rotatable bonds is 8. The molecule has 1 aliphatic rings. The molecule has 0 bridgehead atoms. The Kier molecular flexibility index (Phi) is 8.42. The highest BCUT2D eigenvalue weighted by Gasteiger charge is 2.30. The summed E-state index contributed by atoms with van der Waals surface area (Å²) in [4.78, 5) is 38.2. The van der Waals surface area contributed by atoms with Crippen LogP contribution in [0.4, 0.5) is 17.3 Å². The van der Waals surface area contributed by atoms with Crippen molar-refractivity contribution in [1.29, 1.82) is 0 Å². The molecule has 0 unspecified atom stereocenters. The van der Waals surface area contributed by atoms with Crippen LogP contribution in [0, 0.1) is 0 Å². The molecule has 4 rings (SSSR count). The van der Waals surface area contributed by atoms with Crippen molar-refractivity contribution in [3.63, 3.8) is 0 Å². The number of nitrogens with two attached hydrogens (primary N) is 2. The third kappa shape index (κ3) is 5.70. The summed E-state index contributed by atoms with van der Waals surface area (Å²) in [6.45, 7) is 7.40. The summed E-state index contributed by atoms with van der Waals surface area (Å²) in [7, 11) is 3.80. The van der Waals surface area contributed by atoms with Crippen LogP contribution in [0.5, 0.6) is 0 Å². The van der Waals surface area contributed by atoms with Crippen molar-refractivity contribution in [2.45, 2.75) is 39.6 Å². The second-order valence-corrected chi connectivity index (χ2v) is 10.1. The highest BCUT2D eigenvalue weighted by atomic mass is 35.5. The molecule has 0 saturated carbocycles. The topological polar surface area (TPSA) is 172 Å². The second kappa shape index (κ2) is 11.6. The first-order chi connectivity index (χ1) is 18.5. The van der Waals surface area contributed by atoms with Crippen LogP contribution in [0.25, 0.3) is 11.0 Å². The average molecular weight is 560 g/mol. The maximum Gasteiger partial charge on any atom is 0.277 e. The van der Waals surface area contributed by atoms with E-state index in [1.54, 1.807) is 6.92 Å². The zero-order chi connectivity index (χ0) is 28.4. The van der Waals surface area contributed by atoms with Crippen LogP contribution in [0.3, 0.4) is 0 Å². The second-order valence-electron chi connectivity index (χ2n) is 9.73. The number of carbonyl (C=O) groups excluding carboxylic acids is 2. The van der Waals surface area contributed by atoms with E-state index >= 15 is 0 Å². The number of imidazole rings is 1. The number of carbonyl (C=O) groups is 2. The third-order valence-electron chi connectivity index (χ3n) is 6.70. The molecule has 210 valence electrons. The molecule has 1 aromatic carbocycles. The fraction of sp³-hybridized carbons (Fsp3) is 0.480. The quantitative estimate of drug-likeness (QED) is 0.238. The molecule has 3 aromatic rings. The zero-order valence-electron chi connectivity index (χ0n) is 22.7. The van der Waals surface area contributed by atoms with Gasteiger partial charge in [-0.25, -0.2) is 19.1 Å². The lowest BCUT2D eigenvalue weighted by Crippen LogP contribution is -2.46. The normalized spacial score (nSPS) is 14.5. The molecule has 0 aliphatic carbocycles. The lowest BCUT2D eigenvalue weighted by molar-refractivity contribution is -0.676. The number of hydrogen-bond donors (Lipinski definition) is 5. The van der Waals surface area contributed by atoms with Crippen LogP contribution in [0.2, 0.25) is 5.15 Å². The van der Waals surface area contributed by atoms with Gasteiger partial charge in [-0.2, -0.15) is 0 Å². The molecule has 39 heavy (non-hydrogen) atoms. The van der Waals surface area contributed by atoms with Crippen LogP contribution in [-0.2, 0) is 19.6 Å². The lowest BCUT2D eigenvalue weighted by atomic mass is 10.1. The van der Waals surface area contributed by atoms with Gasteiger partial charge in [0.25, 0.3) is 17.6 Å². The van der Waals surface area contributed by atoms with E-state index in [9.17, 15) is 14.7 Å². The summed E-state index contributed by atoms with van der Waals surface area (Å²) in [6, 6.07) is 3.87. The van der Waals surface area contributed by atoms with Crippen molar-refractivity contribution in [3.8, 4) is 0 Å². The number of aromatic nitrogens is 4. The molecule has 0 radical (unpaired) electrons. The van der Waals surface area contributed by atoms with Gasteiger partial charge in [-0.15, -0.1) is 0 Å². The van der Waals surface area contributed by atoms with Crippen LogP contribution < -0.4 is 31.6 Å². The van der Waals surface area contributed by atoms with Gasteiger partial charge in [0.2, 0.25) is 0 Å². The van der Waals surface area contributed by atoms with Crippen molar-refractivity contribution < 1.29 is 19.3 Å². The van der Waals surface area contributed by atoms with Gasteiger partial charge in [0.05, 0.1) is 23.9 Å². The van der Waals surface area contributed by atoms with E-state index in [1.807, 2.05) is 52.1 Å². The van der Waals surface area contributed by atoms with E-state index in [4.69, 9.17) is 23.1 Å². The molecule has 1 aliphatic heterocycles. The Balaban J connectivity index is 1.80. The fourth-order valence-corrected chi connectivity index (χ4v) is 4.99. The molecule has 14 heteroatoms. The van der Waals surface area contributed by atoms with Gasteiger partial charge in [0.15, 0.2) is 33.5 Å². The van der Waals surface area contributed by atoms with Gasteiger partial charge in [-0.1, -0.05) is 11.6 Å². The average Bonchev–Trinajstić information content (AvgIpc) is 3.19. The smallest absolute Gasteiger partial charge is 0.277 e. The number of piperazine rings is 1. The highest BCUT2D eigenvalue weighted by Crippen LogP contribution is 2.28. The molecule has 1 atom stereocenters. The minimum Gasteiger partial charge on any atom is -0.389 e. The number of benzene rings is 1. The van der Waals surface area contributed by atoms with E-state index < -0.39 is 12.0 Å². The number of aryl methyl sites for hydroxylation is 1. The Hall–Kier alpha value is -3.68. The first-order valence-electron chi connectivity index (χ1n) is 12.8. The van der Waals surface area contributed by atoms with Crippen molar-refractivity contribution in [2.75, 3.05) is 56.6 Å². The Morgan fingerprint density at radius 1 is 1.23 bits per heavy atom. The standard InChI is InChI=1S/C25H35ClN10O3/c1-5-35-17-10-15(25(39)34-8-6-29-7-9-34)16(33(3)4)11-18(17)36(13-14(2)37)19(35)12-30-24(38)20-22(27)32-23(28)21(26)31-20/h10-11,14,29,37H,5-9,12-13H2,1-4H3,(H4-,27,28,30,32,38)/p+1/t14-/m0/s1. The summed E-state index contributed by atoms with van der Waals surface area (Å²) < 4.78 is 3.98. The third-order valence-corrected chi connectivity index (χ3v) is 6.98. The molecular formula is C25H36ClN10O3+. The van der Waals surface area contributed by atoms with Crippen molar-refractivity contribution in [3.05, 3.63) is 34.4 Å². The SMILES string of the molecule is CC[n+]1c(CNC(=O)c2nc(Cl)c(N)nc2N)n(C[C@H](C)O)c2cc(N(C)C)c(C(=O)N3CCNCC3)cc21. The van der Waals surface area contributed by atoms with Crippen LogP contribution in [0.15, 0.2) is 12.1 Å². The summed E-state index contributed by atoms with van der Waals surface area (Å²) in [5.74, 6) is -0.0612. The number of anilines is 3. The number of nitrogen functional groups attached to an aromatic ring is 2. The number of amides is 2. The van der Waals surface area contributed by atoms with Crippen LogP contribution in [-0.4, -0.2) is 82.7 Å². The molecule has 2 aromatic heterocycles. The molecule has 1 fully saturated rings. The van der Waals surface area contributed by atoms with Crippen LogP contribution >= 0.6 is 11.6 Å². The number of halogens is 1. The molecule has 3 heterocycles.